The first kappa shape index (κ1) is 12.5. The van der Waals surface area contributed by atoms with E-state index in [-0.39, 0.29) is 11.8 Å². The maximum Gasteiger partial charge on any atom is 0.227 e. The Kier molecular flexibility index (Phi) is 3.00. The van der Waals surface area contributed by atoms with Crippen molar-refractivity contribution in [2.45, 2.75) is 39.5 Å². The molecule has 102 valence electrons. The van der Waals surface area contributed by atoms with Gasteiger partial charge < -0.3 is 11.1 Å². The molecule has 3 atom stereocenters. The normalized spacial score (nSPS) is 28.6. The summed E-state index contributed by atoms with van der Waals surface area (Å²) in [5.74, 6) is 1.83. The molecule has 2 saturated carbocycles. The predicted octanol–water partition coefficient (Wildman–Crippen LogP) is 3.26. The maximum atomic E-state index is 12.5. The van der Waals surface area contributed by atoms with Gasteiger partial charge in [-0.3, -0.25) is 4.79 Å². The highest BCUT2D eigenvalue weighted by Crippen LogP contribution is 2.48. The molecule has 0 heterocycles. The number of rotatable bonds is 2. The van der Waals surface area contributed by atoms with Crippen LogP contribution in [0.5, 0.6) is 0 Å². The van der Waals surface area contributed by atoms with Crippen molar-refractivity contribution in [3.05, 3.63) is 23.3 Å². The zero-order valence-electron chi connectivity index (χ0n) is 11.7. The molecule has 3 heteroatoms. The zero-order chi connectivity index (χ0) is 13.6. The molecule has 0 spiro atoms. The summed E-state index contributed by atoms with van der Waals surface area (Å²) in [6.07, 6.45) is 4.90. The van der Waals surface area contributed by atoms with E-state index < -0.39 is 0 Å². The molecule has 3 unspecified atom stereocenters. The van der Waals surface area contributed by atoms with Gasteiger partial charge in [-0.15, -0.1) is 0 Å². The molecule has 2 fully saturated rings. The first-order valence-electron chi connectivity index (χ1n) is 7.22. The topological polar surface area (TPSA) is 55.1 Å². The molecule has 1 aromatic carbocycles. The predicted molar refractivity (Wildman–Crippen MR) is 77.9 cm³/mol. The smallest absolute Gasteiger partial charge is 0.227 e. The summed E-state index contributed by atoms with van der Waals surface area (Å²) in [5.41, 5.74) is 9.65. The molecule has 0 aliphatic heterocycles. The lowest BCUT2D eigenvalue weighted by Crippen LogP contribution is -2.27. The Bertz CT molecular complexity index is 524. The summed E-state index contributed by atoms with van der Waals surface area (Å²) in [4.78, 5) is 12.5. The fraction of sp³-hybridized carbons (Fsp3) is 0.562. The quantitative estimate of drug-likeness (QED) is 0.800. The van der Waals surface area contributed by atoms with Gasteiger partial charge >= 0.3 is 0 Å². The Morgan fingerprint density at radius 3 is 2.68 bits per heavy atom. The lowest BCUT2D eigenvalue weighted by molar-refractivity contribution is -0.121. The van der Waals surface area contributed by atoms with Crippen LogP contribution in [-0.2, 0) is 4.79 Å². The third-order valence-electron chi connectivity index (χ3n) is 5.04. The van der Waals surface area contributed by atoms with Gasteiger partial charge in [0.1, 0.15) is 0 Å². The molecule has 19 heavy (non-hydrogen) atoms. The number of benzene rings is 1. The van der Waals surface area contributed by atoms with E-state index in [2.05, 4.69) is 5.32 Å². The Hall–Kier alpha value is -1.51. The lowest BCUT2D eigenvalue weighted by atomic mass is 9.88. The highest BCUT2D eigenvalue weighted by Gasteiger charge is 2.43. The molecule has 3 nitrogen and oxygen atoms in total. The van der Waals surface area contributed by atoms with Crippen molar-refractivity contribution in [3.63, 3.8) is 0 Å². The largest absolute Gasteiger partial charge is 0.398 e. The molecule has 0 radical (unpaired) electrons. The van der Waals surface area contributed by atoms with Crippen molar-refractivity contribution in [2.24, 2.45) is 17.8 Å². The lowest BCUT2D eigenvalue weighted by Gasteiger charge is -2.22. The van der Waals surface area contributed by atoms with Crippen LogP contribution in [0.2, 0.25) is 0 Å². The number of aryl methyl sites for hydroxylation is 1. The van der Waals surface area contributed by atoms with Gasteiger partial charge in [0.05, 0.1) is 0 Å². The third-order valence-corrected chi connectivity index (χ3v) is 5.04. The highest BCUT2D eigenvalue weighted by atomic mass is 16.1. The van der Waals surface area contributed by atoms with Crippen molar-refractivity contribution < 1.29 is 4.79 Å². The zero-order valence-corrected chi connectivity index (χ0v) is 11.7. The maximum absolute atomic E-state index is 12.5. The fourth-order valence-electron chi connectivity index (χ4n) is 3.84. The van der Waals surface area contributed by atoms with E-state index in [1.54, 1.807) is 0 Å². The number of nitrogen functional groups attached to an aromatic ring is 1. The fourth-order valence-corrected chi connectivity index (χ4v) is 3.84. The first-order valence-corrected chi connectivity index (χ1v) is 7.22. The van der Waals surface area contributed by atoms with Crippen molar-refractivity contribution in [1.82, 2.24) is 0 Å². The minimum Gasteiger partial charge on any atom is -0.398 e. The van der Waals surface area contributed by atoms with Crippen LogP contribution in [0, 0.1) is 31.6 Å². The van der Waals surface area contributed by atoms with Crippen LogP contribution in [0.15, 0.2) is 12.1 Å². The first-order chi connectivity index (χ1) is 9.06. The third kappa shape index (κ3) is 2.11. The summed E-state index contributed by atoms with van der Waals surface area (Å²) in [6, 6.07) is 3.87. The molecular weight excluding hydrogens is 236 g/mol. The van der Waals surface area contributed by atoms with Crippen LogP contribution < -0.4 is 11.1 Å². The number of nitrogens with one attached hydrogen (secondary N) is 1. The second kappa shape index (κ2) is 4.55. The second-order valence-corrected chi connectivity index (χ2v) is 6.24. The number of nitrogens with two attached hydrogens (primary N) is 1. The monoisotopic (exact) mass is 258 g/mol. The van der Waals surface area contributed by atoms with Gasteiger partial charge in [0.2, 0.25) is 5.91 Å². The number of hydrogen-bond donors (Lipinski definition) is 2. The van der Waals surface area contributed by atoms with Gasteiger partial charge in [-0.1, -0.05) is 12.5 Å². The summed E-state index contributed by atoms with van der Waals surface area (Å²) in [6.45, 7) is 3.99. The molecule has 2 aliphatic rings. The average Bonchev–Trinajstić information content (AvgIpc) is 3.01. The number of hydrogen-bond acceptors (Lipinski definition) is 2. The SMILES string of the molecule is Cc1ccc(N)c(C)c1NC(=O)C1CC2CCC1C2. The summed E-state index contributed by atoms with van der Waals surface area (Å²) >= 11 is 0. The molecule has 2 bridgehead atoms. The summed E-state index contributed by atoms with van der Waals surface area (Å²) < 4.78 is 0. The van der Waals surface area contributed by atoms with E-state index in [1.165, 1.54) is 19.3 Å². The minimum absolute atomic E-state index is 0.198. The van der Waals surface area contributed by atoms with Crippen molar-refractivity contribution in [3.8, 4) is 0 Å². The van der Waals surface area contributed by atoms with Gasteiger partial charge in [-0.25, -0.2) is 0 Å². The van der Waals surface area contributed by atoms with Gasteiger partial charge in [0, 0.05) is 17.3 Å². The molecule has 1 aromatic rings. The average molecular weight is 258 g/mol. The van der Waals surface area contributed by atoms with E-state index in [4.69, 9.17) is 5.73 Å². The number of anilines is 2. The van der Waals surface area contributed by atoms with E-state index in [9.17, 15) is 4.79 Å². The molecule has 1 amide bonds. The van der Waals surface area contributed by atoms with Crippen LogP contribution in [0.25, 0.3) is 0 Å². The summed E-state index contributed by atoms with van der Waals surface area (Å²) in [7, 11) is 0. The molecular formula is C16H22N2O. The molecule has 0 aromatic heterocycles. The van der Waals surface area contributed by atoms with Gasteiger partial charge in [0.15, 0.2) is 0 Å². The second-order valence-electron chi connectivity index (χ2n) is 6.24. The van der Waals surface area contributed by atoms with Crippen LogP contribution in [-0.4, -0.2) is 5.91 Å². The van der Waals surface area contributed by atoms with Gasteiger partial charge in [-0.05, 0) is 62.1 Å². The summed E-state index contributed by atoms with van der Waals surface area (Å²) in [5, 5.41) is 3.13. The Labute approximate surface area is 114 Å². The van der Waals surface area contributed by atoms with Crippen LogP contribution in [0.3, 0.4) is 0 Å². The van der Waals surface area contributed by atoms with Crippen molar-refractivity contribution in [2.75, 3.05) is 11.1 Å². The molecule has 3 N–H and O–H groups in total. The van der Waals surface area contributed by atoms with E-state index in [0.29, 0.717) is 5.92 Å². The molecule has 3 rings (SSSR count). The van der Waals surface area contributed by atoms with Gasteiger partial charge in [-0.2, -0.15) is 0 Å². The minimum atomic E-state index is 0.198. The van der Waals surface area contributed by atoms with E-state index in [1.807, 2.05) is 26.0 Å². The van der Waals surface area contributed by atoms with Crippen LogP contribution >= 0.6 is 0 Å². The van der Waals surface area contributed by atoms with Crippen molar-refractivity contribution in [1.29, 1.82) is 0 Å². The Balaban J connectivity index is 1.78. The van der Waals surface area contributed by atoms with Crippen LogP contribution in [0.1, 0.15) is 36.8 Å². The number of carbonyl (C=O) groups excluding carboxylic acids is 1. The number of amides is 1. The Morgan fingerprint density at radius 2 is 2.05 bits per heavy atom. The Morgan fingerprint density at radius 1 is 1.26 bits per heavy atom. The standard InChI is InChI=1S/C16H22N2O/c1-9-3-6-14(17)10(2)15(9)18-16(19)13-8-11-4-5-12(13)7-11/h3,6,11-13H,4-5,7-8,17H2,1-2H3,(H,18,19). The highest BCUT2D eigenvalue weighted by molar-refractivity contribution is 5.95. The number of carbonyl (C=O) groups is 1. The van der Waals surface area contributed by atoms with Gasteiger partial charge in [0.25, 0.3) is 0 Å². The molecule has 0 saturated heterocycles. The van der Waals surface area contributed by atoms with Crippen molar-refractivity contribution >= 4 is 17.3 Å². The van der Waals surface area contributed by atoms with Crippen LogP contribution in [0.4, 0.5) is 11.4 Å². The molecule has 2 aliphatic carbocycles. The van der Waals surface area contributed by atoms with E-state index in [0.717, 1.165) is 34.8 Å². The van der Waals surface area contributed by atoms with E-state index >= 15 is 0 Å². The number of fused-ring (bicyclic) bond motifs is 2.